The van der Waals surface area contributed by atoms with Crippen LogP contribution in [0.5, 0.6) is 0 Å². The Labute approximate surface area is 61.3 Å². The summed E-state index contributed by atoms with van der Waals surface area (Å²) in [5, 5.41) is 2.63. The minimum atomic E-state index is 0.0969. The van der Waals surface area contributed by atoms with E-state index in [2.05, 4.69) is 5.32 Å². The van der Waals surface area contributed by atoms with Crippen molar-refractivity contribution in [1.29, 1.82) is 0 Å². The second-order valence-electron chi connectivity index (χ2n) is 2.55. The van der Waals surface area contributed by atoms with Gasteiger partial charge >= 0.3 is 0 Å². The molecule has 1 N–H and O–H groups in total. The highest BCUT2D eigenvalue weighted by Crippen LogP contribution is 2.16. The predicted molar refractivity (Wildman–Crippen MR) is 40.6 cm³/mol. The maximum Gasteiger partial charge on any atom is 0.246 e. The quantitative estimate of drug-likeness (QED) is 0.581. The SMILES string of the molecule is CNC(=O)C1=CCCCC1. The molecule has 0 radical (unpaired) electrons. The van der Waals surface area contributed by atoms with E-state index in [4.69, 9.17) is 0 Å². The standard InChI is InChI=1S/C8H13NO/c1-9-8(10)7-5-3-2-4-6-7/h5H,2-4,6H2,1H3,(H,9,10). The lowest BCUT2D eigenvalue weighted by Crippen LogP contribution is -2.20. The second-order valence-corrected chi connectivity index (χ2v) is 2.55. The van der Waals surface area contributed by atoms with E-state index in [0.29, 0.717) is 0 Å². The van der Waals surface area contributed by atoms with Gasteiger partial charge in [0.1, 0.15) is 0 Å². The summed E-state index contributed by atoms with van der Waals surface area (Å²) in [7, 11) is 1.68. The third kappa shape index (κ3) is 1.59. The van der Waals surface area contributed by atoms with Crippen molar-refractivity contribution in [3.8, 4) is 0 Å². The number of likely N-dealkylation sites (N-methyl/N-ethyl adjacent to an activating group) is 1. The highest BCUT2D eigenvalue weighted by atomic mass is 16.1. The van der Waals surface area contributed by atoms with E-state index in [-0.39, 0.29) is 5.91 Å². The number of carbonyl (C=O) groups is 1. The predicted octanol–water partition coefficient (Wildman–Crippen LogP) is 1.23. The summed E-state index contributed by atoms with van der Waals surface area (Å²) < 4.78 is 0. The van der Waals surface area contributed by atoms with E-state index < -0.39 is 0 Å². The zero-order chi connectivity index (χ0) is 7.40. The maximum absolute atomic E-state index is 11.0. The minimum Gasteiger partial charge on any atom is -0.355 e. The minimum absolute atomic E-state index is 0.0969. The number of allylic oxidation sites excluding steroid dienone is 1. The van der Waals surface area contributed by atoms with Crippen molar-refractivity contribution in [1.82, 2.24) is 5.32 Å². The van der Waals surface area contributed by atoms with Crippen molar-refractivity contribution >= 4 is 5.91 Å². The zero-order valence-corrected chi connectivity index (χ0v) is 6.31. The van der Waals surface area contributed by atoms with Gasteiger partial charge in [0.2, 0.25) is 5.91 Å². The summed E-state index contributed by atoms with van der Waals surface area (Å²) in [5.74, 6) is 0.0969. The van der Waals surface area contributed by atoms with Crippen molar-refractivity contribution in [2.45, 2.75) is 25.7 Å². The van der Waals surface area contributed by atoms with Gasteiger partial charge in [-0.1, -0.05) is 6.08 Å². The fourth-order valence-electron chi connectivity index (χ4n) is 1.20. The molecule has 1 aliphatic carbocycles. The molecule has 1 amide bonds. The molecule has 1 aliphatic rings. The van der Waals surface area contributed by atoms with Crippen molar-refractivity contribution in [2.24, 2.45) is 0 Å². The number of rotatable bonds is 1. The summed E-state index contributed by atoms with van der Waals surface area (Å²) in [4.78, 5) is 11.0. The van der Waals surface area contributed by atoms with Crippen LogP contribution in [0.15, 0.2) is 11.6 Å². The van der Waals surface area contributed by atoms with Gasteiger partial charge in [-0.2, -0.15) is 0 Å². The average molecular weight is 139 g/mol. The summed E-state index contributed by atoms with van der Waals surface area (Å²) in [6.45, 7) is 0. The Kier molecular flexibility index (Phi) is 2.49. The lowest BCUT2D eigenvalue weighted by Gasteiger charge is -2.09. The smallest absolute Gasteiger partial charge is 0.246 e. The molecule has 0 unspecified atom stereocenters. The van der Waals surface area contributed by atoms with Crippen molar-refractivity contribution in [2.75, 3.05) is 7.05 Å². The Morgan fingerprint density at radius 3 is 2.90 bits per heavy atom. The highest BCUT2D eigenvalue weighted by Gasteiger charge is 2.09. The van der Waals surface area contributed by atoms with Gasteiger partial charge < -0.3 is 5.32 Å². The van der Waals surface area contributed by atoms with Crippen LogP contribution in [-0.2, 0) is 4.79 Å². The number of hydrogen-bond acceptors (Lipinski definition) is 1. The molecule has 0 bridgehead atoms. The Bertz CT molecular complexity index is 161. The van der Waals surface area contributed by atoms with Crippen molar-refractivity contribution < 1.29 is 4.79 Å². The molecule has 0 saturated carbocycles. The summed E-state index contributed by atoms with van der Waals surface area (Å²) >= 11 is 0. The highest BCUT2D eigenvalue weighted by molar-refractivity contribution is 5.93. The van der Waals surface area contributed by atoms with Crippen molar-refractivity contribution in [3.63, 3.8) is 0 Å². The summed E-state index contributed by atoms with van der Waals surface area (Å²) in [6, 6.07) is 0. The van der Waals surface area contributed by atoms with Gasteiger partial charge in [0, 0.05) is 12.6 Å². The molecule has 0 aromatic rings. The van der Waals surface area contributed by atoms with Crippen LogP contribution in [0.25, 0.3) is 0 Å². The van der Waals surface area contributed by atoms with E-state index in [1.54, 1.807) is 7.05 Å². The van der Waals surface area contributed by atoms with Crippen LogP contribution < -0.4 is 5.32 Å². The first-order chi connectivity index (χ1) is 4.84. The van der Waals surface area contributed by atoms with Crippen molar-refractivity contribution in [3.05, 3.63) is 11.6 Å². The van der Waals surface area contributed by atoms with Crippen LogP contribution in [-0.4, -0.2) is 13.0 Å². The molecule has 0 spiro atoms. The molecule has 0 saturated heterocycles. The average Bonchev–Trinajstić information content (AvgIpc) is 2.05. The van der Waals surface area contributed by atoms with E-state index in [1.165, 1.54) is 12.8 Å². The molecule has 0 aromatic heterocycles. The van der Waals surface area contributed by atoms with Gasteiger partial charge in [0.05, 0.1) is 0 Å². The Morgan fingerprint density at radius 2 is 2.40 bits per heavy atom. The fraction of sp³-hybridized carbons (Fsp3) is 0.625. The zero-order valence-electron chi connectivity index (χ0n) is 6.31. The Morgan fingerprint density at radius 1 is 1.60 bits per heavy atom. The second kappa shape index (κ2) is 3.40. The molecule has 0 fully saturated rings. The molecule has 0 aromatic carbocycles. The fourth-order valence-corrected chi connectivity index (χ4v) is 1.20. The molecule has 1 rings (SSSR count). The summed E-state index contributed by atoms with van der Waals surface area (Å²) in [6.07, 6.45) is 6.48. The molecule has 56 valence electrons. The number of hydrogen-bond donors (Lipinski definition) is 1. The van der Waals surface area contributed by atoms with Gasteiger partial charge in [-0.25, -0.2) is 0 Å². The van der Waals surface area contributed by atoms with Gasteiger partial charge in [-0.3, -0.25) is 4.79 Å². The van der Waals surface area contributed by atoms with Gasteiger partial charge in [-0.15, -0.1) is 0 Å². The molecule has 10 heavy (non-hydrogen) atoms. The molecule has 2 heteroatoms. The van der Waals surface area contributed by atoms with Crippen LogP contribution in [0.1, 0.15) is 25.7 Å². The Hall–Kier alpha value is -0.790. The molecular formula is C8H13NO. The first kappa shape index (κ1) is 7.32. The van der Waals surface area contributed by atoms with E-state index in [0.717, 1.165) is 18.4 Å². The monoisotopic (exact) mass is 139 g/mol. The Balaban J connectivity index is 2.53. The normalized spacial score (nSPS) is 17.9. The first-order valence-electron chi connectivity index (χ1n) is 3.75. The van der Waals surface area contributed by atoms with Crippen LogP contribution in [0.3, 0.4) is 0 Å². The van der Waals surface area contributed by atoms with E-state index in [1.807, 2.05) is 6.08 Å². The van der Waals surface area contributed by atoms with Crippen LogP contribution in [0, 0.1) is 0 Å². The number of nitrogens with one attached hydrogen (secondary N) is 1. The number of carbonyl (C=O) groups excluding carboxylic acids is 1. The molecule has 0 heterocycles. The largest absolute Gasteiger partial charge is 0.355 e. The third-order valence-electron chi connectivity index (χ3n) is 1.81. The third-order valence-corrected chi connectivity index (χ3v) is 1.81. The first-order valence-corrected chi connectivity index (χ1v) is 3.75. The van der Waals surface area contributed by atoms with E-state index in [9.17, 15) is 4.79 Å². The summed E-state index contributed by atoms with van der Waals surface area (Å²) in [5.41, 5.74) is 0.966. The lowest BCUT2D eigenvalue weighted by molar-refractivity contribution is -0.117. The molecule has 2 nitrogen and oxygen atoms in total. The van der Waals surface area contributed by atoms with Crippen LogP contribution in [0.4, 0.5) is 0 Å². The number of amides is 1. The maximum atomic E-state index is 11.0. The lowest BCUT2D eigenvalue weighted by atomic mass is 9.99. The van der Waals surface area contributed by atoms with Gasteiger partial charge in [-0.05, 0) is 25.7 Å². The molecule has 0 atom stereocenters. The topological polar surface area (TPSA) is 29.1 Å². The van der Waals surface area contributed by atoms with Crippen LogP contribution >= 0.6 is 0 Å². The molecule has 0 aliphatic heterocycles. The van der Waals surface area contributed by atoms with Gasteiger partial charge in [0.25, 0.3) is 0 Å². The van der Waals surface area contributed by atoms with E-state index >= 15 is 0 Å². The van der Waals surface area contributed by atoms with Crippen LogP contribution in [0.2, 0.25) is 0 Å². The molecular weight excluding hydrogens is 126 g/mol. The van der Waals surface area contributed by atoms with Gasteiger partial charge in [0.15, 0.2) is 0 Å².